The third-order valence-corrected chi connectivity index (χ3v) is 6.37. The van der Waals surface area contributed by atoms with E-state index in [9.17, 15) is 4.39 Å². The lowest BCUT2D eigenvalue weighted by Crippen LogP contribution is -2.40. The molecular formula is C18H26FNO. The lowest BCUT2D eigenvalue weighted by molar-refractivity contribution is 0.142. The summed E-state index contributed by atoms with van der Waals surface area (Å²) in [7, 11) is 0. The average molecular weight is 291 g/mol. The molecule has 2 aliphatic carbocycles. The van der Waals surface area contributed by atoms with Gasteiger partial charge in [-0.3, -0.25) is 0 Å². The number of anilines is 1. The van der Waals surface area contributed by atoms with E-state index in [-0.39, 0.29) is 5.82 Å². The summed E-state index contributed by atoms with van der Waals surface area (Å²) in [5.74, 6) is 1.17. The van der Waals surface area contributed by atoms with E-state index >= 15 is 0 Å². The van der Waals surface area contributed by atoms with E-state index < -0.39 is 0 Å². The molecule has 2 aliphatic rings. The van der Waals surface area contributed by atoms with Crippen LogP contribution in [0.25, 0.3) is 0 Å². The van der Waals surface area contributed by atoms with Crippen molar-refractivity contribution in [1.29, 1.82) is 0 Å². The number of nitrogens with one attached hydrogen (secondary N) is 1. The summed E-state index contributed by atoms with van der Waals surface area (Å²) in [6.45, 7) is 9.69. The Balaban J connectivity index is 1.85. The van der Waals surface area contributed by atoms with Crippen molar-refractivity contribution in [2.45, 2.75) is 53.0 Å². The van der Waals surface area contributed by atoms with Gasteiger partial charge in [0.05, 0.1) is 12.3 Å². The topological polar surface area (TPSA) is 21.3 Å². The molecule has 1 N–H and O–H groups in total. The molecule has 3 rings (SSSR count). The third kappa shape index (κ3) is 2.13. The Bertz CT molecular complexity index is 542. The number of hydrogen-bond acceptors (Lipinski definition) is 2. The Labute approximate surface area is 127 Å². The summed E-state index contributed by atoms with van der Waals surface area (Å²) in [6, 6.07) is 5.23. The van der Waals surface area contributed by atoms with Crippen LogP contribution in [0.5, 0.6) is 5.75 Å². The van der Waals surface area contributed by atoms with Gasteiger partial charge >= 0.3 is 0 Å². The van der Waals surface area contributed by atoms with Gasteiger partial charge in [0, 0.05) is 12.1 Å². The molecule has 2 fully saturated rings. The molecule has 0 aromatic heterocycles. The zero-order valence-corrected chi connectivity index (χ0v) is 13.5. The Morgan fingerprint density at radius 2 is 2.10 bits per heavy atom. The molecule has 2 saturated carbocycles. The molecule has 3 atom stereocenters. The molecule has 0 amide bonds. The molecule has 0 aliphatic heterocycles. The van der Waals surface area contributed by atoms with Crippen molar-refractivity contribution >= 4 is 5.69 Å². The molecule has 116 valence electrons. The van der Waals surface area contributed by atoms with Crippen molar-refractivity contribution in [1.82, 2.24) is 0 Å². The highest BCUT2D eigenvalue weighted by molar-refractivity contribution is 5.57. The fourth-order valence-corrected chi connectivity index (χ4v) is 4.50. The maximum Gasteiger partial charge on any atom is 0.145 e. The molecule has 2 bridgehead atoms. The predicted octanol–water partition coefficient (Wildman–Crippen LogP) is 4.85. The van der Waals surface area contributed by atoms with Gasteiger partial charge in [-0.15, -0.1) is 0 Å². The quantitative estimate of drug-likeness (QED) is 0.856. The van der Waals surface area contributed by atoms with Crippen LogP contribution in [0.3, 0.4) is 0 Å². The highest BCUT2D eigenvalue weighted by atomic mass is 19.1. The van der Waals surface area contributed by atoms with Crippen LogP contribution in [-0.4, -0.2) is 12.6 Å². The summed E-state index contributed by atoms with van der Waals surface area (Å²) in [5, 5.41) is 3.66. The maximum absolute atomic E-state index is 13.4. The van der Waals surface area contributed by atoms with Crippen LogP contribution in [0.2, 0.25) is 0 Å². The number of fused-ring (bicyclic) bond motifs is 2. The molecule has 2 nitrogen and oxygen atoms in total. The fraction of sp³-hybridized carbons (Fsp3) is 0.667. The summed E-state index contributed by atoms with van der Waals surface area (Å²) < 4.78 is 19.0. The van der Waals surface area contributed by atoms with Crippen LogP contribution in [0.1, 0.15) is 47.0 Å². The van der Waals surface area contributed by atoms with Crippen LogP contribution in [0, 0.1) is 22.6 Å². The first-order chi connectivity index (χ1) is 9.88. The molecule has 21 heavy (non-hydrogen) atoms. The van der Waals surface area contributed by atoms with E-state index in [4.69, 9.17) is 4.74 Å². The number of rotatable bonds is 4. The molecule has 0 radical (unpaired) electrons. The van der Waals surface area contributed by atoms with Crippen LogP contribution < -0.4 is 10.1 Å². The summed E-state index contributed by atoms with van der Waals surface area (Å²) in [6.07, 6.45) is 3.81. The molecule has 0 saturated heterocycles. The van der Waals surface area contributed by atoms with Crippen LogP contribution in [0.4, 0.5) is 10.1 Å². The first kappa shape index (κ1) is 14.7. The van der Waals surface area contributed by atoms with E-state index in [0.717, 1.165) is 11.6 Å². The van der Waals surface area contributed by atoms with E-state index in [2.05, 4.69) is 26.1 Å². The minimum absolute atomic E-state index is 0.247. The van der Waals surface area contributed by atoms with Gasteiger partial charge in [-0.2, -0.15) is 0 Å². The fourth-order valence-electron chi connectivity index (χ4n) is 4.50. The SMILES string of the molecule is CCOc1cc(F)ccc1NC1CC2CCC1(C)C2(C)C. The monoisotopic (exact) mass is 291 g/mol. The second-order valence-corrected chi connectivity index (χ2v) is 7.38. The zero-order valence-electron chi connectivity index (χ0n) is 13.5. The normalized spacial score (nSPS) is 33.2. The van der Waals surface area contributed by atoms with Gasteiger partial charge in [0.2, 0.25) is 0 Å². The van der Waals surface area contributed by atoms with Crippen molar-refractivity contribution in [2.75, 3.05) is 11.9 Å². The Morgan fingerprint density at radius 3 is 2.67 bits per heavy atom. The summed E-state index contributed by atoms with van der Waals surface area (Å²) >= 11 is 0. The highest BCUT2D eigenvalue weighted by Gasteiger charge is 2.61. The van der Waals surface area contributed by atoms with E-state index in [1.54, 1.807) is 0 Å². The second-order valence-electron chi connectivity index (χ2n) is 7.38. The van der Waals surface area contributed by atoms with E-state index in [1.165, 1.54) is 31.4 Å². The number of hydrogen-bond donors (Lipinski definition) is 1. The van der Waals surface area contributed by atoms with Gasteiger partial charge in [0.1, 0.15) is 11.6 Å². The minimum atomic E-state index is -0.247. The van der Waals surface area contributed by atoms with E-state index in [1.807, 2.05) is 13.0 Å². The summed E-state index contributed by atoms with van der Waals surface area (Å²) in [4.78, 5) is 0. The molecule has 0 spiro atoms. The molecule has 3 unspecified atom stereocenters. The van der Waals surface area contributed by atoms with Crippen LogP contribution >= 0.6 is 0 Å². The lowest BCUT2D eigenvalue weighted by Gasteiger charge is -2.40. The van der Waals surface area contributed by atoms with E-state index in [0.29, 0.717) is 29.2 Å². The third-order valence-electron chi connectivity index (χ3n) is 6.37. The first-order valence-electron chi connectivity index (χ1n) is 8.07. The second kappa shape index (κ2) is 4.89. The van der Waals surface area contributed by atoms with Crippen molar-refractivity contribution < 1.29 is 9.13 Å². The average Bonchev–Trinajstić information content (AvgIpc) is 2.75. The number of benzene rings is 1. The van der Waals surface area contributed by atoms with Crippen molar-refractivity contribution in [3.8, 4) is 5.75 Å². The zero-order chi connectivity index (χ0) is 15.3. The minimum Gasteiger partial charge on any atom is -0.492 e. The Morgan fingerprint density at radius 1 is 1.33 bits per heavy atom. The standard InChI is InChI=1S/C18H26FNO/c1-5-21-15-11-13(19)6-7-14(15)20-16-10-12-8-9-18(16,4)17(12,2)3/h6-7,11-12,16,20H,5,8-10H2,1-4H3. The smallest absolute Gasteiger partial charge is 0.145 e. The van der Waals surface area contributed by atoms with Crippen molar-refractivity contribution in [2.24, 2.45) is 16.7 Å². The number of halogens is 1. The number of ether oxygens (including phenoxy) is 1. The molecule has 1 aromatic carbocycles. The maximum atomic E-state index is 13.4. The van der Waals surface area contributed by atoms with Gasteiger partial charge in [0.25, 0.3) is 0 Å². The van der Waals surface area contributed by atoms with Gasteiger partial charge < -0.3 is 10.1 Å². The van der Waals surface area contributed by atoms with Crippen LogP contribution in [-0.2, 0) is 0 Å². The first-order valence-corrected chi connectivity index (χ1v) is 8.07. The molecule has 1 aromatic rings. The van der Waals surface area contributed by atoms with Crippen LogP contribution in [0.15, 0.2) is 18.2 Å². The van der Waals surface area contributed by atoms with Gasteiger partial charge in [0.15, 0.2) is 0 Å². The Kier molecular flexibility index (Phi) is 3.42. The van der Waals surface area contributed by atoms with Crippen molar-refractivity contribution in [3.63, 3.8) is 0 Å². The van der Waals surface area contributed by atoms with Crippen molar-refractivity contribution in [3.05, 3.63) is 24.0 Å². The largest absolute Gasteiger partial charge is 0.492 e. The predicted molar refractivity (Wildman–Crippen MR) is 84.2 cm³/mol. The van der Waals surface area contributed by atoms with Gasteiger partial charge in [-0.25, -0.2) is 4.39 Å². The highest BCUT2D eigenvalue weighted by Crippen LogP contribution is 2.66. The lowest BCUT2D eigenvalue weighted by atomic mass is 9.69. The van der Waals surface area contributed by atoms with Gasteiger partial charge in [-0.1, -0.05) is 20.8 Å². The Hall–Kier alpha value is -1.25. The molecular weight excluding hydrogens is 265 g/mol. The molecule has 3 heteroatoms. The summed E-state index contributed by atoms with van der Waals surface area (Å²) in [5.41, 5.74) is 1.60. The molecule has 0 heterocycles. The van der Waals surface area contributed by atoms with Gasteiger partial charge in [-0.05, 0) is 55.1 Å².